The number of aromatic nitrogens is 2. The molecule has 1 amide bonds. The van der Waals surface area contributed by atoms with E-state index in [1.807, 2.05) is 11.8 Å². The third-order valence-electron chi connectivity index (χ3n) is 5.44. The average molecular weight is 445 g/mol. The van der Waals surface area contributed by atoms with Gasteiger partial charge in [0, 0.05) is 44.5 Å². The normalized spacial score (nSPS) is 18.9. The first-order chi connectivity index (χ1) is 14.6. The van der Waals surface area contributed by atoms with Crippen molar-refractivity contribution >= 4 is 32.5 Å². The maximum absolute atomic E-state index is 12.7. The quantitative estimate of drug-likeness (QED) is 0.652. The van der Waals surface area contributed by atoms with E-state index in [0.717, 1.165) is 5.56 Å². The first kappa shape index (κ1) is 21.3. The van der Waals surface area contributed by atoms with Crippen LogP contribution in [0.5, 0.6) is 0 Å². The molecule has 0 bridgehead atoms. The number of pyridine rings is 2. The van der Waals surface area contributed by atoms with E-state index in [4.69, 9.17) is 4.42 Å². The molecule has 4 rings (SSSR count). The third kappa shape index (κ3) is 4.40. The highest BCUT2D eigenvalue weighted by atomic mass is 32.2. The maximum Gasteiger partial charge on any atom is 0.261 e. The summed E-state index contributed by atoms with van der Waals surface area (Å²) >= 11 is 0. The molecule has 31 heavy (non-hydrogen) atoms. The van der Waals surface area contributed by atoms with Crippen LogP contribution in [0.1, 0.15) is 19.6 Å². The molecule has 0 spiro atoms. The lowest BCUT2D eigenvalue weighted by Crippen LogP contribution is -2.46. The Morgan fingerprint density at radius 3 is 2.84 bits per heavy atom. The van der Waals surface area contributed by atoms with Gasteiger partial charge in [0.1, 0.15) is 17.2 Å². The number of sulfone groups is 1. The molecule has 0 aromatic carbocycles. The van der Waals surface area contributed by atoms with Gasteiger partial charge in [0.25, 0.3) is 5.56 Å². The summed E-state index contributed by atoms with van der Waals surface area (Å²) in [6.07, 6.45) is 3.28. The van der Waals surface area contributed by atoms with Crippen molar-refractivity contribution in [2.45, 2.75) is 26.4 Å². The predicted molar refractivity (Wildman–Crippen MR) is 118 cm³/mol. The third-order valence-corrected chi connectivity index (χ3v) is 7.24. The van der Waals surface area contributed by atoms with Crippen LogP contribution in [0, 0.1) is 0 Å². The molecule has 4 heterocycles. The van der Waals surface area contributed by atoms with Crippen molar-refractivity contribution in [1.82, 2.24) is 14.5 Å². The number of amides is 1. The van der Waals surface area contributed by atoms with Gasteiger partial charge in [-0.15, -0.1) is 0 Å². The van der Waals surface area contributed by atoms with Crippen LogP contribution in [0.15, 0.2) is 39.8 Å². The molecule has 9 nitrogen and oxygen atoms in total. The minimum atomic E-state index is -3.01. The predicted octanol–water partition coefficient (Wildman–Crippen LogP) is 1.77. The Labute approximate surface area is 179 Å². The van der Waals surface area contributed by atoms with Gasteiger partial charge >= 0.3 is 0 Å². The lowest BCUT2D eigenvalue weighted by atomic mass is 10.1. The van der Waals surface area contributed by atoms with E-state index in [1.54, 1.807) is 37.6 Å². The van der Waals surface area contributed by atoms with Gasteiger partial charge in [0.15, 0.2) is 9.84 Å². The molecule has 1 aliphatic heterocycles. The SMILES string of the molecule is CC(=O)Nc1cc(-c2cn(C)c(=O)c3cc(CN4CCS(=O)(=O)CC4C)oc23)ccn1. The van der Waals surface area contributed by atoms with Gasteiger partial charge in [-0.3, -0.25) is 14.5 Å². The monoisotopic (exact) mass is 444 g/mol. The maximum atomic E-state index is 12.7. The zero-order valence-electron chi connectivity index (χ0n) is 17.6. The van der Waals surface area contributed by atoms with Crippen molar-refractivity contribution in [3.63, 3.8) is 0 Å². The van der Waals surface area contributed by atoms with Crippen molar-refractivity contribution in [2.75, 3.05) is 23.4 Å². The van der Waals surface area contributed by atoms with Crippen molar-refractivity contribution in [2.24, 2.45) is 7.05 Å². The van der Waals surface area contributed by atoms with E-state index in [9.17, 15) is 18.0 Å². The van der Waals surface area contributed by atoms with E-state index in [0.29, 0.717) is 41.2 Å². The molecule has 164 valence electrons. The molecule has 0 saturated carbocycles. The molecule has 1 saturated heterocycles. The summed E-state index contributed by atoms with van der Waals surface area (Å²) in [6, 6.07) is 5.10. The van der Waals surface area contributed by atoms with Crippen molar-refractivity contribution < 1.29 is 17.6 Å². The number of carbonyl (C=O) groups is 1. The molecule has 1 atom stereocenters. The standard InChI is InChI=1S/C21H24N4O5S/c1-13-12-31(28,29)7-6-25(13)10-16-9-17-20(30-16)18(11-24(3)21(17)27)15-4-5-22-19(8-15)23-14(2)26/h4-5,8-9,11,13H,6-7,10,12H2,1-3H3,(H,22,23,26). The number of nitrogens with zero attached hydrogens (tertiary/aromatic N) is 3. The van der Waals surface area contributed by atoms with Crippen LogP contribution in [0.3, 0.4) is 0 Å². The summed E-state index contributed by atoms with van der Waals surface area (Å²) in [6.45, 7) is 4.13. The fourth-order valence-corrected chi connectivity index (χ4v) is 5.53. The van der Waals surface area contributed by atoms with Crippen LogP contribution in [0.25, 0.3) is 22.1 Å². The Morgan fingerprint density at radius 2 is 2.13 bits per heavy atom. The number of aryl methyl sites for hydroxylation is 1. The highest BCUT2D eigenvalue weighted by Crippen LogP contribution is 2.30. The minimum Gasteiger partial charge on any atom is -0.459 e. The van der Waals surface area contributed by atoms with E-state index < -0.39 is 9.84 Å². The van der Waals surface area contributed by atoms with Gasteiger partial charge in [-0.05, 0) is 30.7 Å². The summed E-state index contributed by atoms with van der Waals surface area (Å²) in [5, 5.41) is 3.10. The molecule has 1 N–H and O–H groups in total. The van der Waals surface area contributed by atoms with Crippen LogP contribution < -0.4 is 10.9 Å². The van der Waals surface area contributed by atoms with Crippen molar-refractivity contribution in [1.29, 1.82) is 0 Å². The lowest BCUT2D eigenvalue weighted by Gasteiger charge is -2.32. The van der Waals surface area contributed by atoms with Crippen LogP contribution in [-0.4, -0.2) is 52.9 Å². The zero-order valence-corrected chi connectivity index (χ0v) is 18.4. The lowest BCUT2D eigenvalue weighted by molar-refractivity contribution is -0.114. The summed E-state index contributed by atoms with van der Waals surface area (Å²) in [5.74, 6) is 1.01. The summed E-state index contributed by atoms with van der Waals surface area (Å²) in [4.78, 5) is 30.3. The van der Waals surface area contributed by atoms with Gasteiger partial charge in [-0.1, -0.05) is 0 Å². The number of anilines is 1. The van der Waals surface area contributed by atoms with E-state index in [-0.39, 0.29) is 29.0 Å². The topological polar surface area (TPSA) is 115 Å². The molecule has 1 aliphatic rings. The second-order valence-electron chi connectivity index (χ2n) is 7.96. The Balaban J connectivity index is 1.74. The molecule has 10 heteroatoms. The minimum absolute atomic E-state index is 0.114. The summed E-state index contributed by atoms with van der Waals surface area (Å²) in [7, 11) is -1.34. The number of nitrogens with one attached hydrogen (secondary N) is 1. The summed E-state index contributed by atoms with van der Waals surface area (Å²) in [5.41, 5.74) is 1.72. The number of fused-ring (bicyclic) bond motifs is 1. The number of rotatable bonds is 4. The Bertz CT molecular complexity index is 1330. The van der Waals surface area contributed by atoms with E-state index in [2.05, 4.69) is 10.3 Å². The van der Waals surface area contributed by atoms with Crippen LogP contribution >= 0.6 is 0 Å². The number of carbonyl (C=O) groups excluding carboxylic acids is 1. The molecule has 1 unspecified atom stereocenters. The van der Waals surface area contributed by atoms with Crippen LogP contribution in [0.4, 0.5) is 5.82 Å². The smallest absolute Gasteiger partial charge is 0.261 e. The molecule has 1 fully saturated rings. The second-order valence-corrected chi connectivity index (χ2v) is 10.2. The van der Waals surface area contributed by atoms with Gasteiger partial charge in [0.2, 0.25) is 5.91 Å². The number of hydrogen-bond acceptors (Lipinski definition) is 7. The number of furan rings is 1. The Hall–Kier alpha value is -2.98. The van der Waals surface area contributed by atoms with Gasteiger partial charge in [-0.25, -0.2) is 13.4 Å². The molecule has 0 aliphatic carbocycles. The Morgan fingerprint density at radius 1 is 1.35 bits per heavy atom. The second kappa shape index (κ2) is 7.93. The highest BCUT2D eigenvalue weighted by molar-refractivity contribution is 7.91. The average Bonchev–Trinajstić information content (AvgIpc) is 3.10. The van der Waals surface area contributed by atoms with Crippen molar-refractivity contribution in [3.8, 4) is 11.1 Å². The van der Waals surface area contributed by atoms with Gasteiger partial charge in [-0.2, -0.15) is 0 Å². The van der Waals surface area contributed by atoms with Gasteiger partial charge < -0.3 is 14.3 Å². The van der Waals surface area contributed by atoms with Crippen molar-refractivity contribution in [3.05, 3.63) is 46.7 Å². The molecule has 3 aromatic rings. The molecular formula is C21H24N4O5S. The molecular weight excluding hydrogens is 420 g/mol. The zero-order chi connectivity index (χ0) is 22.3. The fraction of sp³-hybridized carbons (Fsp3) is 0.381. The first-order valence-electron chi connectivity index (χ1n) is 9.93. The summed E-state index contributed by atoms with van der Waals surface area (Å²) < 4.78 is 31.3. The number of hydrogen-bond donors (Lipinski definition) is 1. The molecule has 0 radical (unpaired) electrons. The molecule has 3 aromatic heterocycles. The highest BCUT2D eigenvalue weighted by Gasteiger charge is 2.29. The first-order valence-corrected chi connectivity index (χ1v) is 11.8. The van der Waals surface area contributed by atoms with Crippen LogP contribution in [-0.2, 0) is 28.2 Å². The van der Waals surface area contributed by atoms with Gasteiger partial charge in [0.05, 0.1) is 23.4 Å². The van der Waals surface area contributed by atoms with E-state index in [1.165, 1.54) is 11.5 Å². The van der Waals surface area contributed by atoms with Crippen LogP contribution in [0.2, 0.25) is 0 Å². The fourth-order valence-electron chi connectivity index (χ4n) is 3.90. The largest absolute Gasteiger partial charge is 0.459 e. The van der Waals surface area contributed by atoms with E-state index >= 15 is 0 Å². The Kier molecular flexibility index (Phi) is 5.44.